The maximum Gasteiger partial charge on any atom is 0.293 e. The summed E-state index contributed by atoms with van der Waals surface area (Å²) >= 11 is 0. The molecular weight excluding hydrogens is 400 g/mol. The fourth-order valence-electron chi connectivity index (χ4n) is 3.48. The molecule has 0 unspecified atom stereocenters. The molecule has 31 heavy (non-hydrogen) atoms. The molecule has 1 fully saturated rings. The molecule has 3 N–H and O–H groups in total. The van der Waals surface area contributed by atoms with Crippen molar-refractivity contribution in [2.45, 2.75) is 12.8 Å². The van der Waals surface area contributed by atoms with Gasteiger partial charge in [0.05, 0.1) is 10.6 Å². The predicted molar refractivity (Wildman–Crippen MR) is 113 cm³/mol. The Bertz CT molecular complexity index is 1120. The van der Waals surface area contributed by atoms with Crippen molar-refractivity contribution in [1.82, 2.24) is 21.0 Å². The molecule has 2 aromatic carbocycles. The van der Waals surface area contributed by atoms with Crippen molar-refractivity contribution in [1.29, 1.82) is 0 Å². The van der Waals surface area contributed by atoms with Crippen molar-refractivity contribution in [3.05, 3.63) is 76.0 Å². The maximum atomic E-state index is 12.4. The van der Waals surface area contributed by atoms with Gasteiger partial charge in [-0.1, -0.05) is 30.3 Å². The zero-order valence-electron chi connectivity index (χ0n) is 16.5. The van der Waals surface area contributed by atoms with E-state index in [-0.39, 0.29) is 16.9 Å². The molecule has 0 atom stereocenters. The van der Waals surface area contributed by atoms with Crippen LogP contribution in [0.3, 0.4) is 0 Å². The molecule has 10 heteroatoms. The summed E-state index contributed by atoms with van der Waals surface area (Å²) in [6.07, 6.45) is 1.95. The van der Waals surface area contributed by atoms with Crippen molar-refractivity contribution in [2.75, 3.05) is 18.0 Å². The second kappa shape index (κ2) is 8.66. The van der Waals surface area contributed by atoms with Gasteiger partial charge in [-0.05, 0) is 31.0 Å². The van der Waals surface area contributed by atoms with Crippen molar-refractivity contribution >= 4 is 23.2 Å². The topological polar surface area (TPSA) is 133 Å². The Hall–Kier alpha value is -4.21. The van der Waals surface area contributed by atoms with Crippen LogP contribution < -0.4 is 15.8 Å². The summed E-state index contributed by atoms with van der Waals surface area (Å²) in [7, 11) is 0. The number of anilines is 1. The van der Waals surface area contributed by atoms with E-state index < -0.39 is 16.7 Å². The minimum Gasteiger partial charge on any atom is -0.366 e. The number of nitrogens with zero attached hydrogens (tertiary/aromatic N) is 3. The molecule has 0 spiro atoms. The summed E-state index contributed by atoms with van der Waals surface area (Å²) in [5.74, 6) is -1.25. The quantitative estimate of drug-likeness (QED) is 0.429. The molecule has 1 aliphatic rings. The van der Waals surface area contributed by atoms with Gasteiger partial charge in [0.1, 0.15) is 11.4 Å². The number of aromatic amines is 1. The van der Waals surface area contributed by atoms with E-state index in [1.54, 1.807) is 12.1 Å². The molecule has 158 valence electrons. The number of H-pyrrole nitrogens is 1. The van der Waals surface area contributed by atoms with Crippen molar-refractivity contribution in [3.63, 3.8) is 0 Å². The third-order valence-electron chi connectivity index (χ3n) is 5.06. The summed E-state index contributed by atoms with van der Waals surface area (Å²) in [5.41, 5.74) is 6.59. The summed E-state index contributed by atoms with van der Waals surface area (Å²) in [6, 6.07) is 15.2. The first kappa shape index (κ1) is 20.1. The molecule has 1 saturated heterocycles. The molecule has 0 radical (unpaired) electrons. The van der Waals surface area contributed by atoms with Gasteiger partial charge in [-0.25, -0.2) is 0 Å². The van der Waals surface area contributed by atoms with E-state index in [9.17, 15) is 19.7 Å². The number of nitrogens with one attached hydrogen (secondary N) is 3. The Kier molecular flexibility index (Phi) is 5.61. The number of hydrogen-bond acceptors (Lipinski definition) is 6. The highest BCUT2D eigenvalue weighted by Crippen LogP contribution is 2.31. The molecule has 2 heterocycles. The fourth-order valence-corrected chi connectivity index (χ4v) is 3.48. The minimum absolute atomic E-state index is 0.0736. The highest BCUT2D eigenvalue weighted by atomic mass is 16.6. The number of carbonyl (C=O) groups excluding carboxylic acids is 2. The first-order valence-corrected chi connectivity index (χ1v) is 9.78. The van der Waals surface area contributed by atoms with Gasteiger partial charge in [-0.3, -0.25) is 35.7 Å². The van der Waals surface area contributed by atoms with Gasteiger partial charge >= 0.3 is 0 Å². The summed E-state index contributed by atoms with van der Waals surface area (Å²) < 4.78 is 0. The van der Waals surface area contributed by atoms with Crippen LogP contribution in [-0.2, 0) is 0 Å². The zero-order valence-corrected chi connectivity index (χ0v) is 16.5. The Labute approximate surface area is 177 Å². The normalized spacial score (nSPS) is 13.1. The number of aromatic nitrogens is 2. The lowest BCUT2D eigenvalue weighted by atomic mass is 10.1. The lowest BCUT2D eigenvalue weighted by molar-refractivity contribution is -0.384. The number of nitro benzene ring substituents is 1. The van der Waals surface area contributed by atoms with Crippen LogP contribution >= 0.6 is 0 Å². The zero-order chi connectivity index (χ0) is 21.8. The van der Waals surface area contributed by atoms with Gasteiger partial charge < -0.3 is 4.90 Å². The van der Waals surface area contributed by atoms with Crippen LogP contribution in [0.4, 0.5) is 11.4 Å². The van der Waals surface area contributed by atoms with E-state index in [2.05, 4.69) is 21.0 Å². The largest absolute Gasteiger partial charge is 0.366 e. The third-order valence-corrected chi connectivity index (χ3v) is 5.06. The number of nitro groups is 1. The van der Waals surface area contributed by atoms with Crippen LogP contribution in [0.2, 0.25) is 0 Å². The first-order chi connectivity index (χ1) is 15.0. The van der Waals surface area contributed by atoms with E-state index in [1.807, 2.05) is 35.2 Å². The predicted octanol–water partition coefficient (Wildman–Crippen LogP) is 2.66. The summed E-state index contributed by atoms with van der Waals surface area (Å²) in [4.78, 5) is 37.7. The second-order valence-corrected chi connectivity index (χ2v) is 7.10. The molecule has 10 nitrogen and oxygen atoms in total. The summed E-state index contributed by atoms with van der Waals surface area (Å²) in [6.45, 7) is 1.50. The maximum absolute atomic E-state index is 12.4. The lowest BCUT2D eigenvalue weighted by Crippen LogP contribution is -2.41. The van der Waals surface area contributed by atoms with E-state index in [1.165, 1.54) is 12.1 Å². The van der Waals surface area contributed by atoms with E-state index in [0.717, 1.165) is 31.5 Å². The molecule has 3 aromatic rings. The van der Waals surface area contributed by atoms with Crippen molar-refractivity contribution < 1.29 is 14.5 Å². The van der Waals surface area contributed by atoms with Gasteiger partial charge in [0.25, 0.3) is 17.5 Å². The number of hydrogen-bond donors (Lipinski definition) is 3. The lowest BCUT2D eigenvalue weighted by Gasteiger charge is -2.17. The fraction of sp³-hybridized carbons (Fsp3) is 0.190. The van der Waals surface area contributed by atoms with Crippen LogP contribution in [0.5, 0.6) is 0 Å². The SMILES string of the molecule is O=C(NNC(=O)c1cc(-c2ccccc2)n[nH]1)c1ccc(N2CCCC2)c([N+](=O)[O-])c1. The summed E-state index contributed by atoms with van der Waals surface area (Å²) in [5, 5.41) is 18.2. The van der Waals surface area contributed by atoms with Crippen LogP contribution in [0.1, 0.15) is 33.7 Å². The van der Waals surface area contributed by atoms with Crippen LogP contribution in [0, 0.1) is 10.1 Å². The first-order valence-electron chi connectivity index (χ1n) is 9.78. The number of carbonyl (C=O) groups is 2. The molecule has 4 rings (SSSR count). The number of benzene rings is 2. The number of hydrazine groups is 1. The minimum atomic E-state index is -0.660. The Morgan fingerprint density at radius 1 is 1.00 bits per heavy atom. The second-order valence-electron chi connectivity index (χ2n) is 7.10. The van der Waals surface area contributed by atoms with E-state index >= 15 is 0 Å². The average molecular weight is 420 g/mol. The molecule has 1 aromatic heterocycles. The smallest absolute Gasteiger partial charge is 0.293 e. The highest BCUT2D eigenvalue weighted by Gasteiger charge is 2.24. The molecule has 0 aliphatic carbocycles. The van der Waals surface area contributed by atoms with Crippen molar-refractivity contribution in [3.8, 4) is 11.3 Å². The Morgan fingerprint density at radius 2 is 1.71 bits per heavy atom. The average Bonchev–Trinajstić information content (AvgIpc) is 3.50. The molecule has 2 amide bonds. The Morgan fingerprint density at radius 3 is 2.42 bits per heavy atom. The monoisotopic (exact) mass is 420 g/mol. The molecule has 0 saturated carbocycles. The van der Waals surface area contributed by atoms with Crippen LogP contribution in [0.25, 0.3) is 11.3 Å². The standard InChI is InChI=1S/C21H20N6O4/c28-20(15-8-9-18(19(12-15)27(30)31)26-10-4-5-11-26)24-25-21(29)17-13-16(22-23-17)14-6-2-1-3-7-14/h1-3,6-9,12-13H,4-5,10-11H2,(H,22,23)(H,24,28)(H,25,29). The van der Waals surface area contributed by atoms with E-state index in [4.69, 9.17) is 0 Å². The Balaban J connectivity index is 1.43. The van der Waals surface area contributed by atoms with E-state index in [0.29, 0.717) is 11.4 Å². The molecule has 0 bridgehead atoms. The van der Waals surface area contributed by atoms with Crippen molar-refractivity contribution in [2.24, 2.45) is 0 Å². The van der Waals surface area contributed by atoms with Gasteiger partial charge in [-0.2, -0.15) is 5.10 Å². The third kappa shape index (κ3) is 4.37. The molecular formula is C21H20N6O4. The van der Waals surface area contributed by atoms with Crippen LogP contribution in [0.15, 0.2) is 54.6 Å². The number of amides is 2. The number of rotatable bonds is 5. The van der Waals surface area contributed by atoms with Gasteiger partial charge in [0.2, 0.25) is 0 Å². The van der Waals surface area contributed by atoms with Crippen LogP contribution in [-0.4, -0.2) is 40.0 Å². The highest BCUT2D eigenvalue weighted by molar-refractivity contribution is 5.99. The van der Waals surface area contributed by atoms with Gasteiger partial charge in [0, 0.05) is 30.3 Å². The van der Waals surface area contributed by atoms with Gasteiger partial charge in [0.15, 0.2) is 0 Å². The van der Waals surface area contributed by atoms with Gasteiger partial charge in [-0.15, -0.1) is 0 Å². The molecule has 1 aliphatic heterocycles.